The van der Waals surface area contributed by atoms with Crippen LogP contribution in [-0.4, -0.2) is 66.2 Å². The number of hydrogen-bond acceptors (Lipinski definition) is 6. The van der Waals surface area contributed by atoms with E-state index in [-0.39, 0.29) is 17.6 Å². The van der Waals surface area contributed by atoms with E-state index < -0.39 is 0 Å². The predicted octanol–water partition coefficient (Wildman–Crippen LogP) is 2.92. The molecule has 0 saturated carbocycles. The van der Waals surface area contributed by atoms with Crippen LogP contribution in [0.1, 0.15) is 26.2 Å². The van der Waals surface area contributed by atoms with Gasteiger partial charge in [0.2, 0.25) is 5.91 Å². The average molecular weight is 452 g/mol. The van der Waals surface area contributed by atoms with Crippen LogP contribution in [0.3, 0.4) is 0 Å². The molecule has 9 heteroatoms. The van der Waals surface area contributed by atoms with Gasteiger partial charge in [-0.2, -0.15) is 4.99 Å². The van der Waals surface area contributed by atoms with E-state index in [1.54, 1.807) is 7.11 Å². The summed E-state index contributed by atoms with van der Waals surface area (Å²) in [6.07, 6.45) is 3.34. The molecular formula is C21H29N3O4S2. The van der Waals surface area contributed by atoms with Gasteiger partial charge in [-0.15, -0.1) is 11.8 Å². The molecule has 2 aromatic rings. The number of carbonyl (C=O) groups is 2. The predicted molar refractivity (Wildman–Crippen MR) is 121 cm³/mol. The van der Waals surface area contributed by atoms with Crippen LogP contribution in [0.2, 0.25) is 0 Å². The minimum absolute atomic E-state index is 0.119. The van der Waals surface area contributed by atoms with Crippen LogP contribution >= 0.6 is 23.1 Å². The topological polar surface area (TPSA) is 73.1 Å². The second-order valence-electron chi connectivity index (χ2n) is 7.01. The van der Waals surface area contributed by atoms with Gasteiger partial charge in [-0.05, 0) is 44.4 Å². The maximum absolute atomic E-state index is 12.5. The van der Waals surface area contributed by atoms with E-state index in [4.69, 9.17) is 9.47 Å². The largest absolute Gasteiger partial charge is 0.497 e. The number of piperidine rings is 1. The molecule has 164 valence electrons. The Morgan fingerprint density at radius 1 is 1.20 bits per heavy atom. The van der Waals surface area contributed by atoms with Crippen molar-refractivity contribution in [2.75, 3.05) is 44.9 Å². The van der Waals surface area contributed by atoms with Gasteiger partial charge < -0.3 is 18.9 Å². The monoisotopic (exact) mass is 451 g/mol. The van der Waals surface area contributed by atoms with Crippen LogP contribution in [-0.2, 0) is 20.9 Å². The van der Waals surface area contributed by atoms with E-state index in [0.717, 1.165) is 41.9 Å². The zero-order valence-corrected chi connectivity index (χ0v) is 19.2. The van der Waals surface area contributed by atoms with Gasteiger partial charge >= 0.3 is 0 Å². The molecule has 1 aliphatic rings. The summed E-state index contributed by atoms with van der Waals surface area (Å²) < 4.78 is 13.8. The first-order valence-corrected chi connectivity index (χ1v) is 12.3. The van der Waals surface area contributed by atoms with Crippen LogP contribution in [0.5, 0.6) is 5.75 Å². The van der Waals surface area contributed by atoms with E-state index >= 15 is 0 Å². The second kappa shape index (κ2) is 11.5. The van der Waals surface area contributed by atoms with Crippen LogP contribution in [0.4, 0.5) is 0 Å². The fraction of sp³-hybridized carbons (Fsp3) is 0.571. The first-order valence-electron chi connectivity index (χ1n) is 10.3. The van der Waals surface area contributed by atoms with Crippen LogP contribution in [0.25, 0.3) is 10.2 Å². The van der Waals surface area contributed by atoms with Gasteiger partial charge in [0.1, 0.15) is 5.75 Å². The average Bonchev–Trinajstić information content (AvgIpc) is 3.10. The smallest absolute Gasteiger partial charge is 0.258 e. The Morgan fingerprint density at radius 3 is 2.73 bits per heavy atom. The molecule has 0 aliphatic carbocycles. The van der Waals surface area contributed by atoms with Gasteiger partial charge in [0, 0.05) is 26.2 Å². The van der Waals surface area contributed by atoms with E-state index in [1.165, 1.54) is 29.5 Å². The molecule has 1 aromatic heterocycles. The minimum atomic E-state index is -0.227. The molecule has 1 aliphatic heterocycles. The fourth-order valence-corrected chi connectivity index (χ4v) is 5.18. The molecule has 0 unspecified atom stereocenters. The molecule has 30 heavy (non-hydrogen) atoms. The summed E-state index contributed by atoms with van der Waals surface area (Å²) in [7, 11) is 1.63. The first kappa shape index (κ1) is 22.8. The normalized spacial score (nSPS) is 15.0. The summed E-state index contributed by atoms with van der Waals surface area (Å²) in [6.45, 7) is 5.44. The van der Waals surface area contributed by atoms with E-state index in [9.17, 15) is 9.59 Å². The molecular weight excluding hydrogens is 422 g/mol. The highest BCUT2D eigenvalue weighted by Crippen LogP contribution is 2.23. The minimum Gasteiger partial charge on any atom is -0.497 e. The maximum atomic E-state index is 12.5. The van der Waals surface area contributed by atoms with Crippen molar-refractivity contribution in [3.8, 4) is 5.75 Å². The van der Waals surface area contributed by atoms with Crippen molar-refractivity contribution >= 4 is 45.1 Å². The van der Waals surface area contributed by atoms with Crippen molar-refractivity contribution in [2.45, 2.75) is 32.7 Å². The van der Waals surface area contributed by atoms with E-state index in [0.29, 0.717) is 30.3 Å². The van der Waals surface area contributed by atoms with Gasteiger partial charge in [-0.1, -0.05) is 11.3 Å². The Kier molecular flexibility index (Phi) is 8.77. The van der Waals surface area contributed by atoms with Gasteiger partial charge in [0.25, 0.3) is 5.91 Å². The number of nitrogens with zero attached hydrogens (tertiary/aromatic N) is 3. The molecule has 0 bridgehead atoms. The molecule has 1 aromatic carbocycles. The Hall–Kier alpha value is -1.84. The number of ether oxygens (including phenoxy) is 2. The molecule has 2 heterocycles. The zero-order chi connectivity index (χ0) is 21.3. The Labute approximate surface area is 185 Å². The molecule has 7 nitrogen and oxygen atoms in total. The molecule has 0 atom stereocenters. The lowest BCUT2D eigenvalue weighted by Gasteiger charge is -2.26. The number of carbonyl (C=O) groups excluding carboxylic acids is 2. The lowest BCUT2D eigenvalue weighted by Crippen LogP contribution is -2.36. The zero-order valence-electron chi connectivity index (χ0n) is 17.6. The van der Waals surface area contributed by atoms with Crippen molar-refractivity contribution in [1.82, 2.24) is 9.47 Å². The maximum Gasteiger partial charge on any atom is 0.258 e. The lowest BCUT2D eigenvalue weighted by molar-refractivity contribution is -0.129. The summed E-state index contributed by atoms with van der Waals surface area (Å²) in [4.78, 5) is 31.6. The number of benzene rings is 1. The van der Waals surface area contributed by atoms with Crippen LogP contribution in [0, 0.1) is 0 Å². The van der Waals surface area contributed by atoms with Crippen molar-refractivity contribution < 1.29 is 19.1 Å². The molecule has 0 N–H and O–H groups in total. The molecule has 0 radical (unpaired) electrons. The number of rotatable bonds is 9. The standard InChI is InChI=1S/C21H29N3O4S2/c1-3-28-12-11-24-17-8-7-16(27-2)13-18(17)30-21(24)22-19(25)14-29-15-20(26)23-9-5-4-6-10-23/h7-8,13H,3-6,9-12,14-15H2,1-2H3. The molecule has 0 spiro atoms. The van der Waals surface area contributed by atoms with E-state index in [1.807, 2.05) is 34.6 Å². The second-order valence-corrected chi connectivity index (χ2v) is 9.00. The van der Waals surface area contributed by atoms with Crippen molar-refractivity contribution in [3.05, 3.63) is 23.0 Å². The summed E-state index contributed by atoms with van der Waals surface area (Å²) in [5.74, 6) is 1.19. The van der Waals surface area contributed by atoms with Crippen molar-refractivity contribution in [3.63, 3.8) is 0 Å². The summed E-state index contributed by atoms with van der Waals surface area (Å²) in [6, 6.07) is 5.83. The van der Waals surface area contributed by atoms with Crippen LogP contribution in [0.15, 0.2) is 23.2 Å². The quantitative estimate of drug-likeness (QED) is 0.548. The van der Waals surface area contributed by atoms with Gasteiger partial charge in [0.05, 0.1) is 35.4 Å². The summed E-state index contributed by atoms with van der Waals surface area (Å²) in [5, 5.41) is 0. The van der Waals surface area contributed by atoms with Crippen molar-refractivity contribution in [1.29, 1.82) is 0 Å². The summed E-state index contributed by atoms with van der Waals surface area (Å²) >= 11 is 2.80. The Balaban J connectivity index is 1.68. The molecule has 1 fully saturated rings. The number of thioether (sulfide) groups is 1. The number of likely N-dealkylation sites (tertiary alicyclic amines) is 1. The highest BCUT2D eigenvalue weighted by molar-refractivity contribution is 8.00. The number of amides is 2. The summed E-state index contributed by atoms with van der Waals surface area (Å²) in [5.41, 5.74) is 1.000. The number of thiazole rings is 1. The lowest BCUT2D eigenvalue weighted by atomic mass is 10.1. The number of hydrogen-bond donors (Lipinski definition) is 0. The van der Waals surface area contributed by atoms with Gasteiger partial charge in [0.15, 0.2) is 4.80 Å². The van der Waals surface area contributed by atoms with Crippen molar-refractivity contribution in [2.24, 2.45) is 4.99 Å². The SMILES string of the molecule is CCOCCn1c(=NC(=O)CSCC(=O)N2CCCCC2)sc2cc(OC)ccc21. The third-order valence-electron chi connectivity index (χ3n) is 4.93. The third kappa shape index (κ3) is 6.09. The van der Waals surface area contributed by atoms with Gasteiger partial charge in [-0.25, -0.2) is 0 Å². The first-order chi connectivity index (χ1) is 14.6. The number of methoxy groups -OCH3 is 1. The molecule has 3 rings (SSSR count). The third-order valence-corrected chi connectivity index (χ3v) is 6.88. The Bertz CT molecular complexity index is 932. The number of fused-ring (bicyclic) bond motifs is 1. The fourth-order valence-electron chi connectivity index (χ4n) is 3.38. The van der Waals surface area contributed by atoms with E-state index in [2.05, 4.69) is 4.99 Å². The molecule has 2 amide bonds. The molecule has 1 saturated heterocycles. The highest BCUT2D eigenvalue weighted by Gasteiger charge is 2.16. The van der Waals surface area contributed by atoms with Gasteiger partial charge in [-0.3, -0.25) is 9.59 Å². The Morgan fingerprint density at radius 2 is 2.00 bits per heavy atom. The number of aromatic nitrogens is 1. The highest BCUT2D eigenvalue weighted by atomic mass is 32.2. The van der Waals surface area contributed by atoms with Crippen LogP contribution < -0.4 is 9.54 Å².